The van der Waals surface area contributed by atoms with Gasteiger partial charge in [0.25, 0.3) is 0 Å². The maximum Gasteiger partial charge on any atom is 0.243 e. The van der Waals surface area contributed by atoms with Crippen molar-refractivity contribution in [1.29, 1.82) is 0 Å². The van der Waals surface area contributed by atoms with Gasteiger partial charge in [-0.1, -0.05) is 0 Å². The van der Waals surface area contributed by atoms with E-state index in [1.165, 1.54) is 0 Å². The molecule has 2 aromatic heterocycles. The van der Waals surface area contributed by atoms with Gasteiger partial charge in [-0.15, -0.1) is 17.0 Å². The number of halogens is 2. The highest BCUT2D eigenvalue weighted by Gasteiger charge is 1.92. The fourth-order valence-corrected chi connectivity index (χ4v) is 0.904. The molecule has 2 aromatic rings. The Labute approximate surface area is 111 Å². The monoisotopic (exact) mass is 338 g/mol. The van der Waals surface area contributed by atoms with E-state index in [4.69, 9.17) is 0 Å². The second kappa shape index (κ2) is 9.92. The number of nitrogens with one attached hydrogen (secondary N) is 1. The maximum absolute atomic E-state index is 3.67. The Bertz CT molecular complexity index is 301. The molecule has 0 saturated carbocycles. The summed E-state index contributed by atoms with van der Waals surface area (Å²) in [6.45, 7) is 3.18. The highest BCUT2D eigenvalue weighted by atomic mass is 79.9. The minimum Gasteiger partial charge on any atom is -1.00 e. The highest BCUT2D eigenvalue weighted by Crippen LogP contribution is 1.79. The van der Waals surface area contributed by atoms with Gasteiger partial charge in [0.2, 0.25) is 6.33 Å². The summed E-state index contributed by atoms with van der Waals surface area (Å²) in [4.78, 5) is 6.42. The second-order valence-corrected chi connectivity index (χ2v) is 2.67. The number of aromatic nitrogens is 4. The first-order chi connectivity index (χ1) is 6.33. The molecule has 0 amide bonds. The number of imidazole rings is 2. The zero-order valence-electron chi connectivity index (χ0n) is 8.80. The van der Waals surface area contributed by atoms with Crippen LogP contribution in [0.3, 0.4) is 0 Å². The molecule has 0 aliphatic heterocycles. The zero-order chi connectivity index (χ0) is 9.52. The van der Waals surface area contributed by atoms with Crippen LogP contribution in [0.1, 0.15) is 6.92 Å². The maximum atomic E-state index is 3.67. The summed E-state index contributed by atoms with van der Waals surface area (Å²) >= 11 is 0. The van der Waals surface area contributed by atoms with E-state index in [9.17, 15) is 0 Å². The van der Waals surface area contributed by atoms with Gasteiger partial charge in [0.15, 0.2) is 0 Å². The fourth-order valence-electron chi connectivity index (χ4n) is 0.904. The lowest BCUT2D eigenvalue weighted by Crippen LogP contribution is -3.00. The molecule has 86 valence electrons. The van der Waals surface area contributed by atoms with E-state index in [1.54, 1.807) is 18.7 Å². The van der Waals surface area contributed by atoms with E-state index in [-0.39, 0.29) is 34.0 Å². The fraction of sp³-hybridized carbons (Fsp3) is 0.333. The molecule has 0 aliphatic rings. The first kappa shape index (κ1) is 16.8. The normalized spacial score (nSPS) is 7.87. The summed E-state index contributed by atoms with van der Waals surface area (Å²) in [6.07, 6.45) is 11.2. The average Bonchev–Trinajstić information content (AvgIpc) is 2.76. The topological polar surface area (TPSA) is 37.5 Å². The van der Waals surface area contributed by atoms with Gasteiger partial charge in [-0.3, -0.25) is 0 Å². The van der Waals surface area contributed by atoms with Gasteiger partial charge in [0.1, 0.15) is 12.4 Å². The standard InChI is InChI=1S/C6H11N2.C3H4N2.2BrH/c1-3-8-5-4-7(2)6-8;1-2-5-3-4-1;;/h4-6H,3H2,1-2H3;1-3H,(H,4,5);2*1H/q+1;;;/p-1. The summed E-state index contributed by atoms with van der Waals surface area (Å²) in [5.41, 5.74) is 0. The molecule has 2 rings (SSSR count). The molecule has 0 fully saturated rings. The van der Waals surface area contributed by atoms with Gasteiger partial charge in [-0.25, -0.2) is 14.1 Å². The molecule has 6 heteroatoms. The number of hydrogen-bond acceptors (Lipinski definition) is 1. The Morgan fingerprint density at radius 1 is 1.47 bits per heavy atom. The minimum absolute atomic E-state index is 0. The van der Waals surface area contributed by atoms with Gasteiger partial charge in [0, 0.05) is 12.4 Å². The molecule has 0 spiro atoms. The van der Waals surface area contributed by atoms with E-state index in [0.29, 0.717) is 0 Å². The Kier molecular flexibility index (Phi) is 11.1. The van der Waals surface area contributed by atoms with Gasteiger partial charge >= 0.3 is 0 Å². The van der Waals surface area contributed by atoms with Crippen LogP contribution in [0.15, 0.2) is 37.4 Å². The molecule has 0 saturated heterocycles. The van der Waals surface area contributed by atoms with E-state index >= 15 is 0 Å². The van der Waals surface area contributed by atoms with Crippen LogP contribution in [-0.2, 0) is 13.6 Å². The van der Waals surface area contributed by atoms with Crippen LogP contribution in [0.2, 0.25) is 0 Å². The zero-order valence-corrected chi connectivity index (χ0v) is 12.1. The lowest BCUT2D eigenvalue weighted by atomic mass is 10.7. The summed E-state index contributed by atoms with van der Waals surface area (Å²) in [5, 5.41) is 0. The Hall–Kier alpha value is -0.620. The first-order valence-electron chi connectivity index (χ1n) is 4.26. The third kappa shape index (κ3) is 7.33. The van der Waals surface area contributed by atoms with Gasteiger partial charge < -0.3 is 22.0 Å². The van der Waals surface area contributed by atoms with Crippen LogP contribution in [0.4, 0.5) is 0 Å². The van der Waals surface area contributed by atoms with Crippen molar-refractivity contribution in [2.75, 3.05) is 0 Å². The number of aromatic amines is 1. The predicted octanol–water partition coefficient (Wildman–Crippen LogP) is -1.68. The van der Waals surface area contributed by atoms with Crippen molar-refractivity contribution in [2.24, 2.45) is 7.05 Å². The van der Waals surface area contributed by atoms with Crippen molar-refractivity contribution in [1.82, 2.24) is 14.5 Å². The Morgan fingerprint density at radius 3 is 2.40 bits per heavy atom. The van der Waals surface area contributed by atoms with Crippen LogP contribution < -0.4 is 21.5 Å². The number of H-pyrrole nitrogens is 1. The van der Waals surface area contributed by atoms with Crippen molar-refractivity contribution in [3.8, 4) is 0 Å². The Morgan fingerprint density at radius 2 is 2.20 bits per heavy atom. The highest BCUT2D eigenvalue weighted by molar-refractivity contribution is 8.93. The molecule has 0 unspecified atom stereocenters. The van der Waals surface area contributed by atoms with Crippen LogP contribution in [0.25, 0.3) is 0 Å². The molecule has 1 N–H and O–H groups in total. The molecule has 4 nitrogen and oxygen atoms in total. The molecule has 15 heavy (non-hydrogen) atoms. The summed E-state index contributed by atoms with van der Waals surface area (Å²) < 4.78 is 4.16. The molecule has 0 aromatic carbocycles. The molecular formula is C9H16Br2N4. The van der Waals surface area contributed by atoms with Crippen LogP contribution in [0, 0.1) is 0 Å². The lowest BCUT2D eigenvalue weighted by molar-refractivity contribution is -0.671. The summed E-state index contributed by atoms with van der Waals surface area (Å²) in [7, 11) is 2.02. The quantitative estimate of drug-likeness (QED) is 0.619. The van der Waals surface area contributed by atoms with Crippen LogP contribution >= 0.6 is 17.0 Å². The molecule has 0 atom stereocenters. The van der Waals surface area contributed by atoms with Crippen LogP contribution in [-0.4, -0.2) is 14.5 Å². The molecule has 2 heterocycles. The van der Waals surface area contributed by atoms with Crippen molar-refractivity contribution < 1.29 is 21.5 Å². The largest absolute Gasteiger partial charge is 1.00 e. The van der Waals surface area contributed by atoms with Gasteiger partial charge in [-0.2, -0.15) is 0 Å². The van der Waals surface area contributed by atoms with Crippen molar-refractivity contribution in [2.45, 2.75) is 13.5 Å². The number of aryl methyl sites for hydroxylation is 2. The molecule has 0 radical (unpaired) electrons. The van der Waals surface area contributed by atoms with Crippen molar-refractivity contribution in [3.63, 3.8) is 0 Å². The minimum atomic E-state index is 0. The van der Waals surface area contributed by atoms with Crippen molar-refractivity contribution in [3.05, 3.63) is 37.4 Å². The van der Waals surface area contributed by atoms with E-state index in [2.05, 4.69) is 34.0 Å². The first-order valence-corrected chi connectivity index (χ1v) is 4.26. The Balaban J connectivity index is 0. The molecular weight excluding hydrogens is 324 g/mol. The molecule has 0 aliphatic carbocycles. The molecule has 0 bridgehead atoms. The average molecular weight is 340 g/mol. The third-order valence-corrected chi connectivity index (χ3v) is 1.59. The van der Waals surface area contributed by atoms with Crippen molar-refractivity contribution >= 4 is 17.0 Å². The van der Waals surface area contributed by atoms with E-state index in [1.807, 2.05) is 17.8 Å². The van der Waals surface area contributed by atoms with Gasteiger partial charge in [0.05, 0.1) is 19.9 Å². The number of hydrogen-bond donors (Lipinski definition) is 1. The smallest absolute Gasteiger partial charge is 0.243 e. The summed E-state index contributed by atoms with van der Waals surface area (Å²) in [5.74, 6) is 0. The summed E-state index contributed by atoms with van der Waals surface area (Å²) in [6, 6.07) is 0. The number of nitrogens with zero attached hydrogens (tertiary/aromatic N) is 3. The van der Waals surface area contributed by atoms with E-state index in [0.717, 1.165) is 6.54 Å². The predicted molar refractivity (Wildman–Crippen MR) is 60.2 cm³/mol. The third-order valence-electron chi connectivity index (χ3n) is 1.59. The number of rotatable bonds is 1. The van der Waals surface area contributed by atoms with Gasteiger partial charge in [-0.05, 0) is 6.92 Å². The second-order valence-electron chi connectivity index (χ2n) is 2.67. The lowest BCUT2D eigenvalue weighted by Gasteiger charge is -1.81. The van der Waals surface area contributed by atoms with E-state index < -0.39 is 0 Å². The SMILES string of the molecule is Br.CCn1cc[n+](C)c1.[Br-].c1c[nH]cn1. The van der Waals surface area contributed by atoms with Crippen LogP contribution in [0.5, 0.6) is 0 Å².